The molecule has 1 saturated carbocycles. The molecule has 3 aromatic heterocycles. The van der Waals surface area contributed by atoms with Crippen molar-refractivity contribution in [1.82, 2.24) is 34.9 Å². The first-order valence-electron chi connectivity index (χ1n) is 9.55. The van der Waals surface area contributed by atoms with Gasteiger partial charge in [0.15, 0.2) is 5.65 Å². The first-order chi connectivity index (χ1) is 14.8. The maximum absolute atomic E-state index is 13.6. The van der Waals surface area contributed by atoms with Gasteiger partial charge in [0.1, 0.15) is 28.4 Å². The van der Waals surface area contributed by atoms with Crippen molar-refractivity contribution in [2.45, 2.75) is 18.5 Å². The summed E-state index contributed by atoms with van der Waals surface area (Å²) in [6.07, 6.45) is 2.99. The van der Waals surface area contributed by atoms with E-state index in [2.05, 4.69) is 25.4 Å². The Morgan fingerprint density at radius 3 is 2.84 bits per heavy atom. The number of fused-ring (bicyclic) bond motifs is 2. The molecule has 4 aromatic rings. The van der Waals surface area contributed by atoms with Crippen molar-refractivity contribution in [1.29, 1.82) is 0 Å². The van der Waals surface area contributed by atoms with Crippen molar-refractivity contribution in [2.24, 2.45) is 7.05 Å². The number of carbonyl (C=O) groups excluding carboxylic acids is 1. The molecule has 2 amide bonds. The summed E-state index contributed by atoms with van der Waals surface area (Å²) in [5.41, 5.74) is 1.66. The lowest BCUT2D eigenvalue weighted by molar-refractivity contribution is 0.0835. The molecule has 158 valence electrons. The summed E-state index contributed by atoms with van der Waals surface area (Å²) in [6, 6.07) is 4.37. The van der Waals surface area contributed by atoms with Crippen LogP contribution in [0.2, 0.25) is 0 Å². The first kappa shape index (κ1) is 19.0. The molecule has 10 nitrogen and oxygen atoms in total. The Balaban J connectivity index is 1.54. The maximum Gasteiger partial charge on any atom is 0.408 e. The molecule has 11 heteroatoms. The second-order valence-corrected chi connectivity index (χ2v) is 7.62. The second kappa shape index (κ2) is 6.49. The zero-order chi connectivity index (χ0) is 21.9. The average Bonchev–Trinajstić information content (AvgIpc) is 3.27. The summed E-state index contributed by atoms with van der Waals surface area (Å²) in [7, 11) is 3.14. The van der Waals surface area contributed by atoms with Crippen LogP contribution in [0.4, 0.5) is 9.18 Å². The standard InChI is InChI=1S/C20H18FN7O3/c1-27(19(30)31)20(5-6-20)25-18(29)12-8-22-17-16(12)24-13(9-23-17)15-11-4-3-10(21)7-14(11)28(2)26-15/h3-4,7-9H,5-6H2,1-2H3,(H,22,23)(H,25,29)(H,30,31). The Bertz CT molecular complexity index is 1370. The number of hydrogen-bond donors (Lipinski definition) is 3. The molecule has 1 fully saturated rings. The van der Waals surface area contributed by atoms with Gasteiger partial charge in [0.2, 0.25) is 0 Å². The molecule has 0 saturated heterocycles. The van der Waals surface area contributed by atoms with Gasteiger partial charge in [-0.25, -0.2) is 19.2 Å². The summed E-state index contributed by atoms with van der Waals surface area (Å²) in [5.74, 6) is -0.815. The summed E-state index contributed by atoms with van der Waals surface area (Å²) in [4.78, 5) is 37.2. The van der Waals surface area contributed by atoms with E-state index in [0.717, 1.165) is 4.90 Å². The predicted molar refractivity (Wildman–Crippen MR) is 109 cm³/mol. The highest BCUT2D eigenvalue weighted by molar-refractivity contribution is 6.05. The monoisotopic (exact) mass is 423 g/mol. The van der Waals surface area contributed by atoms with E-state index in [9.17, 15) is 19.1 Å². The number of carboxylic acid groups (broad SMARTS) is 1. The number of nitrogens with one attached hydrogen (secondary N) is 2. The summed E-state index contributed by atoms with van der Waals surface area (Å²) < 4.78 is 15.2. The van der Waals surface area contributed by atoms with Crippen LogP contribution in [0.15, 0.2) is 30.6 Å². The number of aromatic nitrogens is 5. The lowest BCUT2D eigenvalue weighted by Gasteiger charge is -2.26. The Morgan fingerprint density at radius 2 is 2.13 bits per heavy atom. The minimum atomic E-state index is -1.11. The molecule has 0 bridgehead atoms. The molecule has 0 radical (unpaired) electrons. The molecule has 0 atom stereocenters. The molecule has 0 aliphatic heterocycles. The highest BCUT2D eigenvalue weighted by Crippen LogP contribution is 2.38. The summed E-state index contributed by atoms with van der Waals surface area (Å²) >= 11 is 0. The van der Waals surface area contributed by atoms with E-state index in [1.54, 1.807) is 17.8 Å². The predicted octanol–water partition coefficient (Wildman–Crippen LogP) is 2.48. The smallest absolute Gasteiger partial charge is 0.408 e. The van der Waals surface area contributed by atoms with Crippen LogP contribution in [0, 0.1) is 5.82 Å². The van der Waals surface area contributed by atoms with E-state index in [0.29, 0.717) is 46.3 Å². The fourth-order valence-electron chi connectivity index (χ4n) is 3.72. The van der Waals surface area contributed by atoms with Crippen LogP contribution >= 0.6 is 0 Å². The molecule has 3 N–H and O–H groups in total. The molecule has 0 unspecified atom stereocenters. The minimum absolute atomic E-state index is 0.251. The van der Waals surface area contributed by atoms with Gasteiger partial charge in [0.25, 0.3) is 5.91 Å². The zero-order valence-corrected chi connectivity index (χ0v) is 16.7. The van der Waals surface area contributed by atoms with Gasteiger partial charge in [-0.2, -0.15) is 5.10 Å². The molecular formula is C20H18FN7O3. The van der Waals surface area contributed by atoms with Gasteiger partial charge in [-0.1, -0.05) is 0 Å². The van der Waals surface area contributed by atoms with Crippen LogP contribution in [-0.4, -0.2) is 59.4 Å². The Hall–Kier alpha value is -4.02. The van der Waals surface area contributed by atoms with E-state index in [-0.39, 0.29) is 11.4 Å². The van der Waals surface area contributed by atoms with Gasteiger partial charge in [0.05, 0.1) is 17.3 Å². The Morgan fingerprint density at radius 1 is 1.35 bits per heavy atom. The summed E-state index contributed by atoms with van der Waals surface area (Å²) in [6.45, 7) is 0. The molecule has 0 spiro atoms. The molecule has 3 heterocycles. The zero-order valence-electron chi connectivity index (χ0n) is 16.7. The van der Waals surface area contributed by atoms with Crippen molar-refractivity contribution in [3.05, 3.63) is 42.0 Å². The number of carbonyl (C=O) groups is 2. The van der Waals surface area contributed by atoms with E-state index in [1.807, 2.05) is 0 Å². The van der Waals surface area contributed by atoms with Gasteiger partial charge >= 0.3 is 6.09 Å². The number of aromatic amines is 1. The van der Waals surface area contributed by atoms with Crippen LogP contribution in [0.1, 0.15) is 23.2 Å². The van der Waals surface area contributed by atoms with Crippen LogP contribution in [0.3, 0.4) is 0 Å². The molecular weight excluding hydrogens is 405 g/mol. The number of nitrogens with zero attached hydrogens (tertiary/aromatic N) is 5. The Labute approximate surface area is 174 Å². The van der Waals surface area contributed by atoms with Gasteiger partial charge in [-0.3, -0.25) is 14.4 Å². The lowest BCUT2D eigenvalue weighted by atomic mass is 10.1. The first-order valence-corrected chi connectivity index (χ1v) is 9.55. The molecule has 31 heavy (non-hydrogen) atoms. The second-order valence-electron chi connectivity index (χ2n) is 7.62. The molecule has 1 aliphatic rings. The highest BCUT2D eigenvalue weighted by atomic mass is 19.1. The van der Waals surface area contributed by atoms with Crippen molar-refractivity contribution in [2.75, 3.05) is 7.05 Å². The number of hydrogen-bond acceptors (Lipinski definition) is 5. The topological polar surface area (TPSA) is 129 Å². The van der Waals surface area contributed by atoms with Crippen molar-refractivity contribution in [3.63, 3.8) is 0 Å². The maximum atomic E-state index is 13.6. The van der Waals surface area contributed by atoms with Gasteiger partial charge in [-0.05, 0) is 31.0 Å². The third-order valence-corrected chi connectivity index (χ3v) is 5.68. The van der Waals surface area contributed by atoms with Gasteiger partial charge in [0, 0.05) is 25.7 Å². The minimum Gasteiger partial charge on any atom is -0.465 e. The number of H-pyrrole nitrogens is 1. The average molecular weight is 423 g/mol. The fourth-order valence-corrected chi connectivity index (χ4v) is 3.72. The van der Waals surface area contributed by atoms with E-state index in [4.69, 9.17) is 0 Å². The van der Waals surface area contributed by atoms with Gasteiger partial charge < -0.3 is 15.4 Å². The SMILES string of the molecule is CN(C(=O)O)C1(NC(=O)c2c[nH]c3ncc(-c4nn(C)c5cc(F)ccc45)nc23)CC1. The normalized spacial score (nSPS) is 14.7. The van der Waals surface area contributed by atoms with E-state index < -0.39 is 17.7 Å². The summed E-state index contributed by atoms with van der Waals surface area (Å²) in [5, 5.41) is 17.2. The number of aryl methyl sites for hydroxylation is 1. The Kier molecular flexibility index (Phi) is 3.97. The molecule has 1 aromatic carbocycles. The highest BCUT2D eigenvalue weighted by Gasteiger charge is 2.50. The van der Waals surface area contributed by atoms with E-state index in [1.165, 1.54) is 31.6 Å². The largest absolute Gasteiger partial charge is 0.465 e. The van der Waals surface area contributed by atoms with Gasteiger partial charge in [-0.15, -0.1) is 0 Å². The van der Waals surface area contributed by atoms with Crippen LogP contribution in [-0.2, 0) is 7.05 Å². The number of amides is 2. The van der Waals surface area contributed by atoms with Crippen LogP contribution in [0.5, 0.6) is 0 Å². The molecule has 5 rings (SSSR count). The van der Waals surface area contributed by atoms with Crippen molar-refractivity contribution < 1.29 is 19.1 Å². The van der Waals surface area contributed by atoms with Crippen LogP contribution < -0.4 is 5.32 Å². The third kappa shape index (κ3) is 2.97. The van der Waals surface area contributed by atoms with Crippen molar-refractivity contribution in [3.8, 4) is 11.4 Å². The quantitative estimate of drug-likeness (QED) is 0.433. The lowest BCUT2D eigenvalue weighted by Crippen LogP contribution is -2.50. The van der Waals surface area contributed by atoms with Crippen molar-refractivity contribution >= 4 is 34.1 Å². The van der Waals surface area contributed by atoms with Crippen LogP contribution in [0.25, 0.3) is 33.5 Å². The third-order valence-electron chi connectivity index (χ3n) is 5.68. The number of benzene rings is 1. The number of halogens is 1. The van der Waals surface area contributed by atoms with E-state index >= 15 is 0 Å². The fraction of sp³-hybridized carbons (Fsp3) is 0.250. The molecule has 1 aliphatic carbocycles. The number of rotatable bonds is 4.